The Balaban J connectivity index is 2.41. The Morgan fingerprint density at radius 3 is 2.31 bits per heavy atom. The minimum absolute atomic E-state index is 0.538. The molecule has 0 radical (unpaired) electrons. The zero-order valence-corrected chi connectivity index (χ0v) is 10.9. The van der Waals surface area contributed by atoms with E-state index in [4.69, 9.17) is 23.2 Å². The quantitative estimate of drug-likeness (QED) is 0.857. The molecule has 0 bridgehead atoms. The Bertz CT molecular complexity index is 487. The smallest absolute Gasteiger partial charge is 0.114 e. The summed E-state index contributed by atoms with van der Waals surface area (Å²) in [5, 5.41) is 13.2. The lowest BCUT2D eigenvalue weighted by molar-refractivity contribution is 0.223. The van der Waals surface area contributed by atoms with Crippen LogP contribution in [0.4, 0.5) is 0 Å². The number of aliphatic hydroxyl groups is 1. The molecule has 0 aliphatic rings. The minimum atomic E-state index is -0.656. The fourth-order valence-corrected chi connectivity index (χ4v) is 3.03. The summed E-state index contributed by atoms with van der Waals surface area (Å²) >= 11 is 13.3. The lowest BCUT2D eigenvalue weighted by atomic mass is 10.1. The van der Waals surface area contributed by atoms with Crippen molar-refractivity contribution in [3.05, 3.63) is 55.7 Å². The van der Waals surface area contributed by atoms with Gasteiger partial charge in [-0.1, -0.05) is 23.2 Å². The molecule has 2 rings (SSSR count). The molecule has 1 unspecified atom stereocenters. The average Bonchev–Trinajstić information content (AvgIpc) is 2.62. The number of aliphatic hydroxyl groups excluding tert-OH is 1. The van der Waals surface area contributed by atoms with Gasteiger partial charge in [0.2, 0.25) is 0 Å². The predicted molar refractivity (Wildman–Crippen MR) is 69.6 cm³/mol. The van der Waals surface area contributed by atoms with Gasteiger partial charge in [-0.25, -0.2) is 0 Å². The molecule has 1 aromatic heterocycles. The van der Waals surface area contributed by atoms with Crippen molar-refractivity contribution < 1.29 is 5.11 Å². The van der Waals surface area contributed by atoms with Gasteiger partial charge in [0.25, 0.3) is 0 Å². The second-order valence-electron chi connectivity index (χ2n) is 3.57. The lowest BCUT2D eigenvalue weighted by Gasteiger charge is -2.11. The first-order valence-corrected chi connectivity index (χ1v) is 6.39. The monoisotopic (exact) mass is 272 g/mol. The van der Waals surface area contributed by atoms with E-state index in [0.717, 1.165) is 16.0 Å². The molecular weight excluding hydrogens is 263 g/mol. The first kappa shape index (κ1) is 11.9. The predicted octanol–water partition coefficient (Wildman–Crippen LogP) is 4.45. The van der Waals surface area contributed by atoms with Crippen LogP contribution in [0.5, 0.6) is 0 Å². The van der Waals surface area contributed by atoms with Crippen molar-refractivity contribution in [3.63, 3.8) is 0 Å². The molecular formula is C12H10Cl2OS. The summed E-state index contributed by atoms with van der Waals surface area (Å²) in [6.45, 7) is 1.97. The third kappa shape index (κ3) is 2.41. The van der Waals surface area contributed by atoms with Gasteiger partial charge in [0, 0.05) is 14.9 Å². The first-order valence-electron chi connectivity index (χ1n) is 4.76. The number of aryl methyl sites for hydroxylation is 1. The van der Waals surface area contributed by atoms with E-state index in [0.29, 0.717) is 10.0 Å². The Morgan fingerprint density at radius 1 is 1.19 bits per heavy atom. The third-order valence-electron chi connectivity index (χ3n) is 2.35. The van der Waals surface area contributed by atoms with Gasteiger partial charge in [-0.05, 0) is 47.7 Å². The van der Waals surface area contributed by atoms with Crippen LogP contribution >= 0.6 is 34.5 Å². The second kappa shape index (κ2) is 4.76. The molecule has 1 heterocycles. The van der Waals surface area contributed by atoms with E-state index in [9.17, 15) is 5.11 Å². The topological polar surface area (TPSA) is 20.2 Å². The van der Waals surface area contributed by atoms with Crippen LogP contribution in [0.25, 0.3) is 0 Å². The fourth-order valence-electron chi connectivity index (χ4n) is 1.55. The molecule has 4 heteroatoms. The molecule has 0 saturated heterocycles. The standard InChI is InChI=1S/C12H10Cl2OS/c1-7-2-3-16-12(7)11(15)8-4-9(13)6-10(14)5-8/h2-6,11,15H,1H3. The summed E-state index contributed by atoms with van der Waals surface area (Å²) in [7, 11) is 0. The number of hydrogen-bond donors (Lipinski definition) is 1. The Labute approximate surface area is 108 Å². The van der Waals surface area contributed by atoms with Crippen molar-refractivity contribution in [1.82, 2.24) is 0 Å². The molecule has 0 spiro atoms. The molecule has 1 aromatic carbocycles. The molecule has 0 amide bonds. The van der Waals surface area contributed by atoms with E-state index >= 15 is 0 Å². The lowest BCUT2D eigenvalue weighted by Crippen LogP contribution is -1.98. The van der Waals surface area contributed by atoms with Crippen LogP contribution in [-0.2, 0) is 0 Å². The molecule has 84 valence electrons. The highest BCUT2D eigenvalue weighted by Gasteiger charge is 2.15. The zero-order valence-electron chi connectivity index (χ0n) is 8.58. The van der Waals surface area contributed by atoms with Crippen LogP contribution in [0.1, 0.15) is 22.1 Å². The number of hydrogen-bond acceptors (Lipinski definition) is 2. The van der Waals surface area contributed by atoms with Crippen molar-refractivity contribution in [2.24, 2.45) is 0 Å². The third-order valence-corrected chi connectivity index (χ3v) is 3.86. The van der Waals surface area contributed by atoms with E-state index in [1.54, 1.807) is 18.2 Å². The van der Waals surface area contributed by atoms with Gasteiger partial charge in [0.15, 0.2) is 0 Å². The van der Waals surface area contributed by atoms with Gasteiger partial charge in [-0.3, -0.25) is 0 Å². The summed E-state index contributed by atoms with van der Waals surface area (Å²) in [6, 6.07) is 7.10. The largest absolute Gasteiger partial charge is 0.383 e. The van der Waals surface area contributed by atoms with Gasteiger partial charge < -0.3 is 5.11 Å². The molecule has 1 nitrogen and oxygen atoms in total. The van der Waals surface area contributed by atoms with E-state index < -0.39 is 6.10 Å². The van der Waals surface area contributed by atoms with Crippen LogP contribution in [0, 0.1) is 6.92 Å². The summed E-state index contributed by atoms with van der Waals surface area (Å²) < 4.78 is 0. The summed E-state index contributed by atoms with van der Waals surface area (Å²) in [5.41, 5.74) is 1.80. The molecule has 0 aliphatic carbocycles. The second-order valence-corrected chi connectivity index (χ2v) is 5.39. The average molecular weight is 273 g/mol. The molecule has 0 saturated carbocycles. The summed E-state index contributed by atoms with van der Waals surface area (Å²) in [5.74, 6) is 0. The van der Waals surface area contributed by atoms with Gasteiger partial charge in [0.1, 0.15) is 6.10 Å². The Kier molecular flexibility index (Phi) is 3.55. The van der Waals surface area contributed by atoms with Gasteiger partial charge >= 0.3 is 0 Å². The maximum Gasteiger partial charge on any atom is 0.114 e. The van der Waals surface area contributed by atoms with E-state index in [1.165, 1.54) is 11.3 Å². The van der Waals surface area contributed by atoms with Crippen molar-refractivity contribution in [2.45, 2.75) is 13.0 Å². The maximum absolute atomic E-state index is 10.2. The number of thiophene rings is 1. The SMILES string of the molecule is Cc1ccsc1C(O)c1cc(Cl)cc(Cl)c1. The van der Waals surface area contributed by atoms with Crippen molar-refractivity contribution >= 4 is 34.5 Å². The number of halogens is 2. The Hall–Kier alpha value is -0.540. The van der Waals surface area contributed by atoms with Crippen molar-refractivity contribution in [3.8, 4) is 0 Å². The molecule has 1 atom stereocenters. The van der Waals surface area contributed by atoms with Crippen molar-refractivity contribution in [2.75, 3.05) is 0 Å². The van der Waals surface area contributed by atoms with E-state index in [-0.39, 0.29) is 0 Å². The number of benzene rings is 1. The van der Waals surface area contributed by atoms with Crippen molar-refractivity contribution in [1.29, 1.82) is 0 Å². The molecule has 2 aromatic rings. The van der Waals surface area contributed by atoms with E-state index in [1.807, 2.05) is 18.4 Å². The van der Waals surface area contributed by atoms with Crippen LogP contribution in [-0.4, -0.2) is 5.11 Å². The highest BCUT2D eigenvalue weighted by Crippen LogP contribution is 2.32. The van der Waals surface area contributed by atoms with E-state index in [2.05, 4.69) is 0 Å². The van der Waals surface area contributed by atoms with Crippen LogP contribution in [0.2, 0.25) is 10.0 Å². The highest BCUT2D eigenvalue weighted by molar-refractivity contribution is 7.10. The normalized spacial score (nSPS) is 12.8. The van der Waals surface area contributed by atoms with Crippen LogP contribution in [0.3, 0.4) is 0 Å². The highest BCUT2D eigenvalue weighted by atomic mass is 35.5. The molecule has 0 aliphatic heterocycles. The Morgan fingerprint density at radius 2 is 1.81 bits per heavy atom. The van der Waals surface area contributed by atoms with Gasteiger partial charge in [-0.2, -0.15) is 0 Å². The molecule has 0 fully saturated rings. The minimum Gasteiger partial charge on any atom is -0.383 e. The van der Waals surface area contributed by atoms with Crippen LogP contribution in [0.15, 0.2) is 29.6 Å². The molecule has 1 N–H and O–H groups in total. The summed E-state index contributed by atoms with van der Waals surface area (Å²) in [6.07, 6.45) is -0.656. The number of rotatable bonds is 2. The van der Waals surface area contributed by atoms with Crippen LogP contribution < -0.4 is 0 Å². The first-order chi connectivity index (χ1) is 7.58. The van der Waals surface area contributed by atoms with Gasteiger partial charge in [0.05, 0.1) is 0 Å². The zero-order chi connectivity index (χ0) is 11.7. The summed E-state index contributed by atoms with van der Waals surface area (Å²) in [4.78, 5) is 0.929. The maximum atomic E-state index is 10.2. The molecule has 16 heavy (non-hydrogen) atoms. The fraction of sp³-hybridized carbons (Fsp3) is 0.167. The van der Waals surface area contributed by atoms with Gasteiger partial charge in [-0.15, -0.1) is 11.3 Å².